The van der Waals surface area contributed by atoms with Crippen molar-refractivity contribution in [3.63, 3.8) is 0 Å². The molecule has 1 aromatic rings. The maximum atomic E-state index is 11.7. The Morgan fingerprint density at radius 1 is 1.62 bits per heavy atom. The van der Waals surface area contributed by atoms with E-state index in [9.17, 15) is 4.79 Å². The minimum atomic E-state index is 0.259. The number of thiophene rings is 1. The highest BCUT2D eigenvalue weighted by Crippen LogP contribution is 2.27. The third kappa shape index (κ3) is 2.92. The summed E-state index contributed by atoms with van der Waals surface area (Å²) in [6.45, 7) is 6.12. The Morgan fingerprint density at radius 3 is 2.62 bits per heavy atom. The van der Waals surface area contributed by atoms with Crippen LogP contribution in [0.2, 0.25) is 0 Å². The van der Waals surface area contributed by atoms with Gasteiger partial charge in [0.25, 0.3) is 0 Å². The monoisotopic (exact) mass is 260 g/mol. The molecule has 13 heavy (non-hydrogen) atoms. The molecule has 0 saturated heterocycles. The first-order valence-electron chi connectivity index (χ1n) is 4.30. The van der Waals surface area contributed by atoms with Gasteiger partial charge in [-0.15, -0.1) is 11.3 Å². The Bertz CT molecular complexity index is 315. The minimum absolute atomic E-state index is 0.259. The van der Waals surface area contributed by atoms with Crippen LogP contribution in [-0.4, -0.2) is 5.78 Å². The molecule has 0 aromatic carbocycles. The lowest BCUT2D eigenvalue weighted by molar-refractivity contribution is 0.0968. The molecule has 0 aliphatic rings. The van der Waals surface area contributed by atoms with Gasteiger partial charge in [0.1, 0.15) is 0 Å². The summed E-state index contributed by atoms with van der Waals surface area (Å²) in [6.07, 6.45) is 0.643. The van der Waals surface area contributed by atoms with Gasteiger partial charge in [0.15, 0.2) is 5.78 Å². The number of ketones is 1. The van der Waals surface area contributed by atoms with Gasteiger partial charge in [0, 0.05) is 16.9 Å². The van der Waals surface area contributed by atoms with Crippen LogP contribution in [0.4, 0.5) is 0 Å². The van der Waals surface area contributed by atoms with Crippen molar-refractivity contribution in [2.24, 2.45) is 5.92 Å². The lowest BCUT2D eigenvalue weighted by atomic mass is 10.0. The topological polar surface area (TPSA) is 17.1 Å². The van der Waals surface area contributed by atoms with Gasteiger partial charge in [-0.2, -0.15) is 0 Å². The number of Topliss-reactive ketones (excluding diaryl/α,β-unsaturated/α-hetero) is 1. The average Bonchev–Trinajstić information content (AvgIpc) is 2.28. The third-order valence-corrected chi connectivity index (χ3v) is 3.34. The molecule has 0 aliphatic carbocycles. The zero-order chi connectivity index (χ0) is 10.0. The van der Waals surface area contributed by atoms with Gasteiger partial charge in [-0.05, 0) is 34.8 Å². The summed E-state index contributed by atoms with van der Waals surface area (Å²) in [4.78, 5) is 12.8. The SMILES string of the molecule is Cc1sc(Br)cc1C(=O)CC(C)C. The molecule has 0 amide bonds. The van der Waals surface area contributed by atoms with Crippen LogP contribution < -0.4 is 0 Å². The molecular weight excluding hydrogens is 248 g/mol. The molecule has 0 aliphatic heterocycles. The van der Waals surface area contributed by atoms with Crippen molar-refractivity contribution in [2.45, 2.75) is 27.2 Å². The second-order valence-corrected chi connectivity index (χ2v) is 6.18. The van der Waals surface area contributed by atoms with E-state index in [0.29, 0.717) is 12.3 Å². The molecule has 1 heterocycles. The summed E-state index contributed by atoms with van der Waals surface area (Å²) in [6, 6.07) is 1.92. The van der Waals surface area contributed by atoms with Gasteiger partial charge in [-0.3, -0.25) is 4.79 Å². The van der Waals surface area contributed by atoms with Crippen molar-refractivity contribution in [3.05, 3.63) is 20.3 Å². The average molecular weight is 261 g/mol. The molecule has 0 atom stereocenters. The van der Waals surface area contributed by atoms with Gasteiger partial charge >= 0.3 is 0 Å². The highest BCUT2D eigenvalue weighted by atomic mass is 79.9. The van der Waals surface area contributed by atoms with E-state index in [1.807, 2.05) is 13.0 Å². The van der Waals surface area contributed by atoms with Crippen molar-refractivity contribution in [1.82, 2.24) is 0 Å². The van der Waals surface area contributed by atoms with Crippen LogP contribution in [0.15, 0.2) is 9.85 Å². The van der Waals surface area contributed by atoms with Gasteiger partial charge in [0.2, 0.25) is 0 Å². The second kappa shape index (κ2) is 4.38. The smallest absolute Gasteiger partial charge is 0.164 e. The first-order chi connectivity index (χ1) is 6.00. The molecule has 3 heteroatoms. The maximum Gasteiger partial charge on any atom is 0.164 e. The molecule has 1 rings (SSSR count). The first-order valence-corrected chi connectivity index (χ1v) is 5.90. The summed E-state index contributed by atoms with van der Waals surface area (Å²) in [5.41, 5.74) is 0.880. The standard InChI is InChI=1S/C10H13BrOS/c1-6(2)4-9(12)8-5-10(11)13-7(8)3/h5-6H,4H2,1-3H3. The van der Waals surface area contributed by atoms with E-state index >= 15 is 0 Å². The molecule has 0 unspecified atom stereocenters. The van der Waals surface area contributed by atoms with Gasteiger partial charge in [-0.25, -0.2) is 0 Å². The number of halogens is 1. The number of aryl methyl sites for hydroxylation is 1. The van der Waals surface area contributed by atoms with Crippen molar-refractivity contribution in [1.29, 1.82) is 0 Å². The summed E-state index contributed by atoms with van der Waals surface area (Å²) in [5.74, 6) is 0.694. The third-order valence-electron chi connectivity index (χ3n) is 1.78. The van der Waals surface area contributed by atoms with E-state index in [4.69, 9.17) is 0 Å². The number of hydrogen-bond donors (Lipinski definition) is 0. The molecule has 1 nitrogen and oxygen atoms in total. The fourth-order valence-corrected chi connectivity index (χ4v) is 2.91. The fourth-order valence-electron chi connectivity index (χ4n) is 1.20. The largest absolute Gasteiger partial charge is 0.294 e. The lowest BCUT2D eigenvalue weighted by Crippen LogP contribution is -2.03. The quantitative estimate of drug-likeness (QED) is 0.750. The maximum absolute atomic E-state index is 11.7. The molecule has 1 aromatic heterocycles. The molecule has 0 bridgehead atoms. The number of carbonyl (C=O) groups excluding carboxylic acids is 1. The Hall–Kier alpha value is -0.150. The highest BCUT2D eigenvalue weighted by Gasteiger charge is 2.13. The van der Waals surface area contributed by atoms with E-state index in [1.165, 1.54) is 0 Å². The molecule has 0 N–H and O–H groups in total. The van der Waals surface area contributed by atoms with Gasteiger partial charge in [0.05, 0.1) is 3.79 Å². The number of hydrogen-bond acceptors (Lipinski definition) is 2. The molecular formula is C10H13BrOS. The fraction of sp³-hybridized carbons (Fsp3) is 0.500. The first kappa shape index (κ1) is 10.9. The van der Waals surface area contributed by atoms with Crippen molar-refractivity contribution in [2.75, 3.05) is 0 Å². The Balaban J connectivity index is 2.82. The Kier molecular flexibility index (Phi) is 3.68. The zero-order valence-corrected chi connectivity index (χ0v) is 10.5. The molecule has 0 spiro atoms. The number of carbonyl (C=O) groups is 1. The normalized spacial score (nSPS) is 10.8. The van der Waals surface area contributed by atoms with E-state index in [2.05, 4.69) is 29.8 Å². The summed E-state index contributed by atoms with van der Waals surface area (Å²) >= 11 is 5.00. The van der Waals surface area contributed by atoms with Crippen molar-refractivity contribution in [3.8, 4) is 0 Å². The molecule has 0 fully saturated rings. The van der Waals surface area contributed by atoms with E-state index in [-0.39, 0.29) is 5.78 Å². The van der Waals surface area contributed by atoms with Crippen LogP contribution in [0.25, 0.3) is 0 Å². The van der Waals surface area contributed by atoms with E-state index in [0.717, 1.165) is 14.2 Å². The van der Waals surface area contributed by atoms with Crippen LogP contribution in [0.1, 0.15) is 35.5 Å². The van der Waals surface area contributed by atoms with E-state index < -0.39 is 0 Å². The van der Waals surface area contributed by atoms with Crippen molar-refractivity contribution < 1.29 is 4.79 Å². The van der Waals surface area contributed by atoms with Gasteiger partial charge < -0.3 is 0 Å². The minimum Gasteiger partial charge on any atom is -0.294 e. The Morgan fingerprint density at radius 2 is 2.23 bits per heavy atom. The predicted octanol–water partition coefficient (Wildman–Crippen LogP) is 4.05. The van der Waals surface area contributed by atoms with Crippen molar-refractivity contribution >= 4 is 33.0 Å². The number of rotatable bonds is 3. The van der Waals surface area contributed by atoms with Crippen LogP contribution in [0.5, 0.6) is 0 Å². The summed E-state index contributed by atoms with van der Waals surface area (Å²) in [7, 11) is 0. The summed E-state index contributed by atoms with van der Waals surface area (Å²) in [5, 5.41) is 0. The molecule has 0 saturated carbocycles. The Labute approximate surface area is 91.3 Å². The predicted molar refractivity (Wildman–Crippen MR) is 60.5 cm³/mol. The summed E-state index contributed by atoms with van der Waals surface area (Å²) < 4.78 is 1.04. The van der Waals surface area contributed by atoms with E-state index in [1.54, 1.807) is 11.3 Å². The second-order valence-electron chi connectivity index (χ2n) is 3.54. The van der Waals surface area contributed by atoms with Crippen LogP contribution >= 0.6 is 27.3 Å². The molecule has 0 radical (unpaired) electrons. The molecule has 72 valence electrons. The van der Waals surface area contributed by atoms with Crippen LogP contribution in [-0.2, 0) is 0 Å². The zero-order valence-electron chi connectivity index (χ0n) is 8.06. The lowest BCUT2D eigenvalue weighted by Gasteiger charge is -2.02. The van der Waals surface area contributed by atoms with Crippen LogP contribution in [0, 0.1) is 12.8 Å². The van der Waals surface area contributed by atoms with Crippen LogP contribution in [0.3, 0.4) is 0 Å². The van der Waals surface area contributed by atoms with Gasteiger partial charge in [-0.1, -0.05) is 13.8 Å². The highest BCUT2D eigenvalue weighted by molar-refractivity contribution is 9.11.